The van der Waals surface area contributed by atoms with Crippen LogP contribution in [0.1, 0.15) is 40.7 Å². The minimum Gasteiger partial charge on any atom is -0.403 e. The molecule has 1 fully saturated rings. The van der Waals surface area contributed by atoms with Crippen LogP contribution < -0.4 is 5.32 Å². The molecule has 1 amide bonds. The zero-order valence-corrected chi connectivity index (χ0v) is 18.3. The van der Waals surface area contributed by atoms with Gasteiger partial charge in [-0.25, -0.2) is 8.42 Å². The third-order valence-corrected chi connectivity index (χ3v) is 7.24. The Balaban J connectivity index is 1.46. The van der Waals surface area contributed by atoms with Gasteiger partial charge in [0.05, 0.1) is 4.90 Å². The molecule has 1 aliphatic rings. The summed E-state index contributed by atoms with van der Waals surface area (Å²) in [6.07, 6.45) is 2.79. The zero-order chi connectivity index (χ0) is 22.0. The summed E-state index contributed by atoms with van der Waals surface area (Å²) in [4.78, 5) is 12.7. The van der Waals surface area contributed by atoms with Gasteiger partial charge >= 0.3 is 6.01 Å². The number of piperidine rings is 1. The van der Waals surface area contributed by atoms with E-state index in [1.54, 1.807) is 0 Å². The van der Waals surface area contributed by atoms with Crippen molar-refractivity contribution in [2.24, 2.45) is 0 Å². The number of nitrogens with zero attached hydrogens (tertiary/aromatic N) is 3. The van der Waals surface area contributed by atoms with E-state index in [0.717, 1.165) is 36.0 Å². The average molecular weight is 441 g/mol. The summed E-state index contributed by atoms with van der Waals surface area (Å²) in [5.74, 6) is -0.145. The van der Waals surface area contributed by atoms with Crippen molar-refractivity contribution in [2.45, 2.75) is 38.0 Å². The molecule has 2 heterocycles. The molecule has 0 radical (unpaired) electrons. The van der Waals surface area contributed by atoms with Gasteiger partial charge in [-0.05, 0) is 62.6 Å². The molecular weight excluding hydrogens is 416 g/mol. The van der Waals surface area contributed by atoms with Gasteiger partial charge in [-0.15, -0.1) is 5.10 Å². The fourth-order valence-electron chi connectivity index (χ4n) is 3.64. The van der Waals surface area contributed by atoms with Gasteiger partial charge in [0.1, 0.15) is 0 Å². The van der Waals surface area contributed by atoms with Crippen LogP contribution in [0.4, 0.5) is 6.01 Å². The van der Waals surface area contributed by atoms with E-state index < -0.39 is 15.9 Å². The van der Waals surface area contributed by atoms with Gasteiger partial charge in [0, 0.05) is 24.2 Å². The van der Waals surface area contributed by atoms with E-state index in [4.69, 9.17) is 4.42 Å². The van der Waals surface area contributed by atoms with Crippen LogP contribution in [-0.2, 0) is 10.0 Å². The number of amides is 1. The van der Waals surface area contributed by atoms with Crippen molar-refractivity contribution in [3.05, 3.63) is 59.2 Å². The van der Waals surface area contributed by atoms with Crippen molar-refractivity contribution in [3.63, 3.8) is 0 Å². The minimum absolute atomic E-state index is 0.0232. The predicted molar refractivity (Wildman–Crippen MR) is 116 cm³/mol. The summed E-state index contributed by atoms with van der Waals surface area (Å²) in [7, 11) is -3.54. The maximum atomic E-state index is 12.7. The molecule has 0 atom stereocenters. The molecular formula is C22H24N4O4S. The molecule has 0 unspecified atom stereocenters. The van der Waals surface area contributed by atoms with Gasteiger partial charge in [0.15, 0.2) is 0 Å². The van der Waals surface area contributed by atoms with E-state index >= 15 is 0 Å². The molecule has 1 aliphatic heterocycles. The fraction of sp³-hybridized carbons (Fsp3) is 0.318. The number of hydrogen-bond acceptors (Lipinski definition) is 6. The molecule has 0 saturated carbocycles. The van der Waals surface area contributed by atoms with Crippen LogP contribution in [-0.4, -0.2) is 41.9 Å². The van der Waals surface area contributed by atoms with Crippen molar-refractivity contribution in [3.8, 4) is 11.5 Å². The lowest BCUT2D eigenvalue weighted by Crippen LogP contribution is -2.35. The summed E-state index contributed by atoms with van der Waals surface area (Å²) >= 11 is 0. The number of carbonyl (C=O) groups excluding carboxylic acids is 1. The Morgan fingerprint density at radius 3 is 2.39 bits per heavy atom. The lowest BCUT2D eigenvalue weighted by Gasteiger charge is -2.25. The largest absolute Gasteiger partial charge is 0.403 e. The van der Waals surface area contributed by atoms with E-state index in [2.05, 4.69) is 15.5 Å². The molecule has 1 aromatic heterocycles. The number of nitrogens with one attached hydrogen (secondary N) is 1. The van der Waals surface area contributed by atoms with Gasteiger partial charge in [0.25, 0.3) is 5.91 Å². The van der Waals surface area contributed by atoms with Crippen LogP contribution >= 0.6 is 0 Å². The molecule has 9 heteroatoms. The quantitative estimate of drug-likeness (QED) is 0.647. The maximum Gasteiger partial charge on any atom is 0.322 e. The van der Waals surface area contributed by atoms with Crippen molar-refractivity contribution in [2.75, 3.05) is 18.4 Å². The highest BCUT2D eigenvalue weighted by Crippen LogP contribution is 2.25. The first-order valence-electron chi connectivity index (χ1n) is 10.2. The van der Waals surface area contributed by atoms with Crippen LogP contribution in [0.5, 0.6) is 0 Å². The van der Waals surface area contributed by atoms with Gasteiger partial charge in [-0.1, -0.05) is 29.2 Å². The van der Waals surface area contributed by atoms with Gasteiger partial charge in [0.2, 0.25) is 15.9 Å². The molecule has 162 valence electrons. The van der Waals surface area contributed by atoms with Crippen molar-refractivity contribution in [1.29, 1.82) is 0 Å². The molecule has 0 aliphatic carbocycles. The predicted octanol–water partition coefficient (Wildman–Crippen LogP) is 3.78. The summed E-state index contributed by atoms with van der Waals surface area (Å²) < 4.78 is 32.6. The maximum absolute atomic E-state index is 12.7. The van der Waals surface area contributed by atoms with Crippen LogP contribution in [0.2, 0.25) is 0 Å². The summed E-state index contributed by atoms with van der Waals surface area (Å²) in [5, 5.41) is 10.5. The summed E-state index contributed by atoms with van der Waals surface area (Å²) in [6, 6.07) is 11.7. The van der Waals surface area contributed by atoms with Crippen LogP contribution in [0.15, 0.2) is 51.8 Å². The van der Waals surface area contributed by atoms with Crippen LogP contribution in [0.3, 0.4) is 0 Å². The standard InChI is InChI=1S/C22H24N4O4S/c1-15-6-11-19(16(2)14-15)21-24-25-22(30-21)23-20(27)17-7-9-18(10-8-17)31(28,29)26-12-4-3-5-13-26/h6-11,14H,3-5,12-13H2,1-2H3,(H,23,25,27). The fourth-order valence-corrected chi connectivity index (χ4v) is 5.16. The SMILES string of the molecule is Cc1ccc(-c2nnc(NC(=O)c3ccc(S(=O)(=O)N4CCCCC4)cc3)o2)c(C)c1. The molecule has 2 aromatic carbocycles. The van der Waals surface area contributed by atoms with Gasteiger partial charge < -0.3 is 4.42 Å². The number of benzene rings is 2. The number of carbonyl (C=O) groups is 1. The van der Waals surface area contributed by atoms with Gasteiger partial charge in [-0.2, -0.15) is 4.31 Å². The smallest absolute Gasteiger partial charge is 0.322 e. The normalized spacial score (nSPS) is 15.0. The lowest BCUT2D eigenvalue weighted by molar-refractivity contribution is 0.102. The number of aryl methyl sites for hydroxylation is 2. The van der Waals surface area contributed by atoms with E-state index in [-0.39, 0.29) is 10.9 Å². The third-order valence-electron chi connectivity index (χ3n) is 5.33. The highest BCUT2D eigenvalue weighted by Gasteiger charge is 2.26. The number of sulfonamides is 1. The van der Waals surface area contributed by atoms with E-state index in [1.807, 2.05) is 32.0 Å². The first-order chi connectivity index (χ1) is 14.8. The first kappa shape index (κ1) is 21.2. The second kappa shape index (κ2) is 8.60. The molecule has 8 nitrogen and oxygen atoms in total. The van der Waals surface area contributed by atoms with Crippen LogP contribution in [0.25, 0.3) is 11.5 Å². The number of aromatic nitrogens is 2. The third kappa shape index (κ3) is 4.52. The number of anilines is 1. The molecule has 4 rings (SSSR count). The summed E-state index contributed by atoms with van der Waals surface area (Å²) in [6.45, 7) is 5.01. The van der Waals surface area contributed by atoms with E-state index in [1.165, 1.54) is 28.6 Å². The molecule has 3 aromatic rings. The second-order valence-corrected chi connectivity index (χ2v) is 9.61. The molecule has 1 N–H and O–H groups in total. The average Bonchev–Trinajstić information content (AvgIpc) is 3.22. The van der Waals surface area contributed by atoms with E-state index in [0.29, 0.717) is 24.5 Å². The highest BCUT2D eigenvalue weighted by molar-refractivity contribution is 7.89. The van der Waals surface area contributed by atoms with Crippen molar-refractivity contribution in [1.82, 2.24) is 14.5 Å². The summed E-state index contributed by atoms with van der Waals surface area (Å²) in [5.41, 5.74) is 3.21. The van der Waals surface area contributed by atoms with E-state index in [9.17, 15) is 13.2 Å². The Morgan fingerprint density at radius 1 is 1.00 bits per heavy atom. The Morgan fingerprint density at radius 2 is 1.71 bits per heavy atom. The Labute approximate surface area is 181 Å². The lowest BCUT2D eigenvalue weighted by atomic mass is 10.1. The molecule has 31 heavy (non-hydrogen) atoms. The van der Waals surface area contributed by atoms with Crippen molar-refractivity contribution < 1.29 is 17.6 Å². The first-order valence-corrected chi connectivity index (χ1v) is 11.6. The highest BCUT2D eigenvalue weighted by atomic mass is 32.2. The van der Waals surface area contributed by atoms with Gasteiger partial charge in [-0.3, -0.25) is 10.1 Å². The minimum atomic E-state index is -3.54. The molecule has 0 bridgehead atoms. The number of rotatable bonds is 5. The second-order valence-electron chi connectivity index (χ2n) is 7.67. The topological polar surface area (TPSA) is 105 Å². The monoisotopic (exact) mass is 440 g/mol. The molecule has 0 spiro atoms. The van der Waals surface area contributed by atoms with Crippen LogP contribution in [0, 0.1) is 13.8 Å². The Bertz CT molecular complexity index is 1200. The molecule has 1 saturated heterocycles. The number of hydrogen-bond donors (Lipinski definition) is 1. The Hall–Kier alpha value is -3.04. The Kier molecular flexibility index (Phi) is 5.88. The van der Waals surface area contributed by atoms with Crippen molar-refractivity contribution >= 4 is 21.9 Å². The zero-order valence-electron chi connectivity index (χ0n) is 17.5.